The summed E-state index contributed by atoms with van der Waals surface area (Å²) in [5.74, 6) is -2.02. The first-order valence-electron chi connectivity index (χ1n) is 11.8. The predicted octanol–water partition coefficient (Wildman–Crippen LogP) is 1.10. The van der Waals surface area contributed by atoms with E-state index in [4.69, 9.17) is 16.2 Å². The molecule has 9 heteroatoms. The third-order valence-electron chi connectivity index (χ3n) is 6.62. The molecule has 0 bridgehead atoms. The van der Waals surface area contributed by atoms with Crippen LogP contribution in [0.3, 0.4) is 0 Å². The first-order chi connectivity index (χ1) is 16.8. The minimum Gasteiger partial charge on any atom is -0.459 e. The van der Waals surface area contributed by atoms with Gasteiger partial charge in [-0.05, 0) is 42.4 Å². The van der Waals surface area contributed by atoms with E-state index in [-0.39, 0.29) is 31.4 Å². The number of hydrogen-bond acceptors (Lipinski definition) is 6. The number of esters is 1. The van der Waals surface area contributed by atoms with Crippen LogP contribution in [0.25, 0.3) is 0 Å². The lowest BCUT2D eigenvalue weighted by molar-refractivity contribution is -0.150. The average molecular weight is 479 g/mol. The molecule has 2 heterocycles. The highest BCUT2D eigenvalue weighted by molar-refractivity contribution is 5.93. The molecule has 184 valence electrons. The summed E-state index contributed by atoms with van der Waals surface area (Å²) in [6, 6.07) is 14.0. The van der Waals surface area contributed by atoms with Crippen molar-refractivity contribution in [2.45, 2.75) is 62.9 Å². The van der Waals surface area contributed by atoms with Crippen LogP contribution in [-0.4, -0.2) is 46.7 Å². The van der Waals surface area contributed by atoms with E-state index in [1.165, 1.54) is 0 Å². The molecule has 4 rings (SSSR count). The summed E-state index contributed by atoms with van der Waals surface area (Å²) >= 11 is 0. The molecular formula is C26H30N4O5. The standard InChI is InChI=1S/C26H30N4O5/c27-19-14-17-8-4-5-9-18(17)21-11-12-22(30(21)25(19)33)24(32)29-20(10-13-23(28)31)26(34)35-15-16-6-2-1-3-7-16/h1-9,19-22H,10-15,27H2,(H2,28,31)(H,29,32)/t19-,20-,21+,22-/m0/s1. The van der Waals surface area contributed by atoms with Gasteiger partial charge in [-0.1, -0.05) is 54.6 Å². The summed E-state index contributed by atoms with van der Waals surface area (Å²) in [5, 5.41) is 2.71. The maximum absolute atomic E-state index is 13.3. The van der Waals surface area contributed by atoms with Crippen molar-refractivity contribution in [3.05, 3.63) is 71.3 Å². The van der Waals surface area contributed by atoms with Crippen molar-refractivity contribution in [3.8, 4) is 0 Å². The van der Waals surface area contributed by atoms with Crippen molar-refractivity contribution in [2.75, 3.05) is 0 Å². The molecule has 0 aliphatic carbocycles. The van der Waals surface area contributed by atoms with Gasteiger partial charge in [-0.2, -0.15) is 0 Å². The van der Waals surface area contributed by atoms with Crippen LogP contribution in [0.1, 0.15) is 48.4 Å². The Labute approximate surface area is 203 Å². The molecule has 2 aromatic carbocycles. The second-order valence-electron chi connectivity index (χ2n) is 9.02. The SMILES string of the molecule is NC(=O)CC[C@H](NC(=O)[C@@H]1CC[C@@H]2c3ccccc3C[C@H](N)C(=O)N21)C(=O)OCc1ccccc1. The number of fused-ring (bicyclic) bond motifs is 3. The van der Waals surface area contributed by atoms with E-state index in [0.717, 1.165) is 16.7 Å². The Morgan fingerprint density at radius 3 is 2.51 bits per heavy atom. The number of primary amides is 1. The highest BCUT2D eigenvalue weighted by atomic mass is 16.5. The van der Waals surface area contributed by atoms with Crippen LogP contribution in [0.5, 0.6) is 0 Å². The first-order valence-corrected chi connectivity index (χ1v) is 11.8. The summed E-state index contributed by atoms with van der Waals surface area (Å²) in [5.41, 5.74) is 14.3. The van der Waals surface area contributed by atoms with Gasteiger partial charge >= 0.3 is 5.97 Å². The van der Waals surface area contributed by atoms with Crippen molar-refractivity contribution >= 4 is 23.7 Å². The molecule has 4 atom stereocenters. The van der Waals surface area contributed by atoms with Crippen molar-refractivity contribution in [2.24, 2.45) is 11.5 Å². The fourth-order valence-electron chi connectivity index (χ4n) is 4.87. The second-order valence-corrected chi connectivity index (χ2v) is 9.02. The maximum atomic E-state index is 13.3. The first kappa shape index (κ1) is 24.4. The Bertz CT molecular complexity index is 1110. The maximum Gasteiger partial charge on any atom is 0.328 e. The molecule has 1 fully saturated rings. The molecular weight excluding hydrogens is 448 g/mol. The zero-order valence-corrected chi connectivity index (χ0v) is 19.4. The average Bonchev–Trinajstić information content (AvgIpc) is 3.26. The summed E-state index contributed by atoms with van der Waals surface area (Å²) in [7, 11) is 0. The highest BCUT2D eigenvalue weighted by Crippen LogP contribution is 2.40. The Kier molecular flexibility index (Phi) is 7.45. The number of amides is 3. The molecule has 0 aromatic heterocycles. The van der Waals surface area contributed by atoms with Crippen molar-refractivity contribution in [3.63, 3.8) is 0 Å². The highest BCUT2D eigenvalue weighted by Gasteiger charge is 2.46. The number of benzene rings is 2. The smallest absolute Gasteiger partial charge is 0.328 e. The molecule has 0 spiro atoms. The fourth-order valence-corrected chi connectivity index (χ4v) is 4.87. The molecule has 0 radical (unpaired) electrons. The van der Waals surface area contributed by atoms with E-state index in [1.807, 2.05) is 54.6 Å². The van der Waals surface area contributed by atoms with Gasteiger partial charge in [0.2, 0.25) is 17.7 Å². The number of carbonyl (C=O) groups excluding carboxylic acids is 4. The number of hydrogen-bond donors (Lipinski definition) is 3. The summed E-state index contributed by atoms with van der Waals surface area (Å²) in [4.78, 5) is 52.2. The molecule has 9 nitrogen and oxygen atoms in total. The molecule has 3 amide bonds. The molecule has 5 N–H and O–H groups in total. The van der Waals surface area contributed by atoms with Gasteiger partial charge < -0.3 is 26.4 Å². The number of rotatable bonds is 8. The quantitative estimate of drug-likeness (QED) is 0.485. The van der Waals surface area contributed by atoms with Gasteiger partial charge in [-0.3, -0.25) is 14.4 Å². The van der Waals surface area contributed by atoms with Gasteiger partial charge in [0, 0.05) is 6.42 Å². The third-order valence-corrected chi connectivity index (χ3v) is 6.62. The van der Waals surface area contributed by atoms with Gasteiger partial charge in [0.05, 0.1) is 12.1 Å². The molecule has 2 aliphatic rings. The van der Waals surface area contributed by atoms with Crippen molar-refractivity contribution in [1.29, 1.82) is 0 Å². The van der Waals surface area contributed by atoms with E-state index in [9.17, 15) is 19.2 Å². The Balaban J connectivity index is 1.49. The van der Waals surface area contributed by atoms with E-state index in [2.05, 4.69) is 5.32 Å². The van der Waals surface area contributed by atoms with Crippen LogP contribution in [0.4, 0.5) is 0 Å². The molecule has 0 unspecified atom stereocenters. The zero-order valence-electron chi connectivity index (χ0n) is 19.4. The Morgan fingerprint density at radius 2 is 1.77 bits per heavy atom. The van der Waals surface area contributed by atoms with Crippen molar-refractivity contribution in [1.82, 2.24) is 10.2 Å². The zero-order chi connectivity index (χ0) is 24.9. The molecule has 0 saturated carbocycles. The number of nitrogens with zero attached hydrogens (tertiary/aromatic N) is 1. The largest absolute Gasteiger partial charge is 0.459 e. The molecule has 1 saturated heterocycles. The lowest BCUT2D eigenvalue weighted by Gasteiger charge is -2.31. The van der Waals surface area contributed by atoms with E-state index in [1.54, 1.807) is 4.90 Å². The molecule has 2 aliphatic heterocycles. The van der Waals surface area contributed by atoms with Crippen LogP contribution in [-0.2, 0) is 36.9 Å². The topological polar surface area (TPSA) is 145 Å². The van der Waals surface area contributed by atoms with E-state index < -0.39 is 35.9 Å². The van der Waals surface area contributed by atoms with E-state index >= 15 is 0 Å². The van der Waals surface area contributed by atoms with Gasteiger partial charge in [0.15, 0.2) is 0 Å². The van der Waals surface area contributed by atoms with Gasteiger partial charge in [-0.25, -0.2) is 4.79 Å². The summed E-state index contributed by atoms with van der Waals surface area (Å²) in [6.45, 7) is 0.0321. The van der Waals surface area contributed by atoms with Crippen LogP contribution in [0.15, 0.2) is 54.6 Å². The Hall–Kier alpha value is -3.72. The lowest BCUT2D eigenvalue weighted by Crippen LogP contribution is -2.54. The second kappa shape index (κ2) is 10.7. The van der Waals surface area contributed by atoms with Crippen molar-refractivity contribution < 1.29 is 23.9 Å². The monoisotopic (exact) mass is 478 g/mol. The van der Waals surface area contributed by atoms with Crippen LogP contribution >= 0.6 is 0 Å². The van der Waals surface area contributed by atoms with Gasteiger partial charge in [-0.15, -0.1) is 0 Å². The van der Waals surface area contributed by atoms with E-state index in [0.29, 0.717) is 19.3 Å². The lowest BCUT2D eigenvalue weighted by atomic mass is 9.96. The van der Waals surface area contributed by atoms with Crippen LogP contribution < -0.4 is 16.8 Å². The minimum atomic E-state index is -1.07. The summed E-state index contributed by atoms with van der Waals surface area (Å²) < 4.78 is 5.39. The van der Waals surface area contributed by atoms with Gasteiger partial charge in [0.25, 0.3) is 0 Å². The number of carbonyl (C=O) groups is 4. The summed E-state index contributed by atoms with van der Waals surface area (Å²) in [6.07, 6.45) is 1.35. The molecule has 2 aromatic rings. The number of nitrogens with one attached hydrogen (secondary N) is 1. The minimum absolute atomic E-state index is 0.00113. The Morgan fingerprint density at radius 1 is 1.06 bits per heavy atom. The predicted molar refractivity (Wildman–Crippen MR) is 127 cm³/mol. The van der Waals surface area contributed by atoms with Crippen LogP contribution in [0, 0.1) is 0 Å². The third kappa shape index (κ3) is 5.51. The normalized spacial score (nSPS) is 21.9. The molecule has 35 heavy (non-hydrogen) atoms. The van der Waals surface area contributed by atoms with Gasteiger partial charge in [0.1, 0.15) is 18.7 Å². The van der Waals surface area contributed by atoms with Crippen LogP contribution in [0.2, 0.25) is 0 Å². The number of nitrogens with two attached hydrogens (primary N) is 2. The fraction of sp³-hybridized carbons (Fsp3) is 0.385. The number of ether oxygens (including phenoxy) is 1.